The molecule has 0 fully saturated rings. The molecule has 0 aliphatic heterocycles. The number of rotatable bonds is 7. The van der Waals surface area contributed by atoms with Gasteiger partial charge in [-0.15, -0.1) is 0 Å². The van der Waals surface area contributed by atoms with E-state index in [0.29, 0.717) is 35.3 Å². The fraction of sp³-hybridized carbons (Fsp3) is 0.500. The Hall–Kier alpha value is -1.46. The standard InChI is InChI=1S/C16H22Cl2N2O3/c1-16(2,3)9-14(21)19-6-7-20-15(22)10-23-13-5-4-11(17)8-12(13)18/h4-5,8H,6-7,9-10H2,1-3H3,(H,19,21)(H,20,22). The van der Waals surface area contributed by atoms with E-state index in [1.807, 2.05) is 20.8 Å². The van der Waals surface area contributed by atoms with Crippen molar-refractivity contribution in [1.82, 2.24) is 10.6 Å². The minimum absolute atomic E-state index is 0.0315. The first-order valence-electron chi connectivity index (χ1n) is 7.28. The van der Waals surface area contributed by atoms with Crippen LogP contribution in [0.25, 0.3) is 0 Å². The number of benzene rings is 1. The number of hydrogen-bond acceptors (Lipinski definition) is 3. The summed E-state index contributed by atoms with van der Waals surface area (Å²) >= 11 is 11.7. The summed E-state index contributed by atoms with van der Waals surface area (Å²) in [4.78, 5) is 23.3. The summed E-state index contributed by atoms with van der Waals surface area (Å²) in [6.07, 6.45) is 0.444. The lowest BCUT2D eigenvalue weighted by Gasteiger charge is -2.17. The first-order chi connectivity index (χ1) is 10.7. The highest BCUT2D eigenvalue weighted by atomic mass is 35.5. The van der Waals surface area contributed by atoms with Gasteiger partial charge in [0.2, 0.25) is 5.91 Å². The van der Waals surface area contributed by atoms with E-state index in [0.717, 1.165) is 0 Å². The summed E-state index contributed by atoms with van der Waals surface area (Å²) < 4.78 is 5.31. The summed E-state index contributed by atoms with van der Waals surface area (Å²) in [7, 11) is 0. The monoisotopic (exact) mass is 360 g/mol. The average Bonchev–Trinajstić information content (AvgIpc) is 2.40. The molecule has 0 saturated heterocycles. The first kappa shape index (κ1) is 19.6. The first-order valence-corrected chi connectivity index (χ1v) is 8.04. The molecule has 128 valence electrons. The molecule has 0 radical (unpaired) electrons. The van der Waals surface area contributed by atoms with E-state index in [1.165, 1.54) is 0 Å². The van der Waals surface area contributed by atoms with Crippen LogP contribution in [-0.4, -0.2) is 31.5 Å². The maximum atomic E-state index is 11.7. The summed E-state index contributed by atoms with van der Waals surface area (Å²) in [6, 6.07) is 4.77. The second kappa shape index (κ2) is 8.99. The van der Waals surface area contributed by atoms with Crippen molar-refractivity contribution >= 4 is 35.0 Å². The molecule has 0 aliphatic rings. The maximum Gasteiger partial charge on any atom is 0.258 e. The lowest BCUT2D eigenvalue weighted by Crippen LogP contribution is -2.37. The summed E-state index contributed by atoms with van der Waals surface area (Å²) in [6.45, 7) is 6.54. The molecule has 1 aromatic rings. The fourth-order valence-electron chi connectivity index (χ4n) is 1.73. The van der Waals surface area contributed by atoms with E-state index in [2.05, 4.69) is 10.6 Å². The molecule has 1 rings (SSSR count). The van der Waals surface area contributed by atoms with E-state index in [-0.39, 0.29) is 23.8 Å². The van der Waals surface area contributed by atoms with Crippen molar-refractivity contribution in [1.29, 1.82) is 0 Å². The van der Waals surface area contributed by atoms with Gasteiger partial charge in [-0.05, 0) is 23.6 Å². The normalized spacial score (nSPS) is 11.0. The topological polar surface area (TPSA) is 67.4 Å². The predicted octanol–water partition coefficient (Wildman–Crippen LogP) is 3.04. The molecule has 0 saturated carbocycles. The van der Waals surface area contributed by atoms with Crippen LogP contribution in [0.1, 0.15) is 27.2 Å². The quantitative estimate of drug-likeness (QED) is 0.734. The van der Waals surface area contributed by atoms with Crippen LogP contribution in [0, 0.1) is 5.41 Å². The van der Waals surface area contributed by atoms with Gasteiger partial charge in [0.25, 0.3) is 5.91 Å². The highest BCUT2D eigenvalue weighted by Gasteiger charge is 2.15. The number of carbonyl (C=O) groups is 2. The molecule has 1 aromatic carbocycles. The number of carbonyl (C=O) groups excluding carboxylic acids is 2. The third-order valence-electron chi connectivity index (χ3n) is 2.71. The Morgan fingerprint density at radius 2 is 1.70 bits per heavy atom. The molecule has 7 heteroatoms. The highest BCUT2D eigenvalue weighted by molar-refractivity contribution is 6.35. The molecule has 0 spiro atoms. The van der Waals surface area contributed by atoms with E-state index in [4.69, 9.17) is 27.9 Å². The van der Waals surface area contributed by atoms with Gasteiger partial charge in [0.05, 0.1) is 5.02 Å². The van der Waals surface area contributed by atoms with Crippen LogP contribution in [-0.2, 0) is 9.59 Å². The van der Waals surface area contributed by atoms with Crippen LogP contribution < -0.4 is 15.4 Å². The fourth-order valence-corrected chi connectivity index (χ4v) is 2.20. The van der Waals surface area contributed by atoms with E-state index >= 15 is 0 Å². The molecule has 0 atom stereocenters. The SMILES string of the molecule is CC(C)(C)CC(=O)NCCNC(=O)COc1ccc(Cl)cc1Cl. The number of ether oxygens (including phenoxy) is 1. The maximum absolute atomic E-state index is 11.7. The highest BCUT2D eigenvalue weighted by Crippen LogP contribution is 2.27. The van der Waals surface area contributed by atoms with Crippen molar-refractivity contribution in [3.8, 4) is 5.75 Å². The molecule has 0 aromatic heterocycles. The largest absolute Gasteiger partial charge is 0.482 e. The second-order valence-corrected chi connectivity index (χ2v) is 7.14. The van der Waals surface area contributed by atoms with E-state index < -0.39 is 0 Å². The van der Waals surface area contributed by atoms with Crippen molar-refractivity contribution in [2.24, 2.45) is 5.41 Å². The van der Waals surface area contributed by atoms with Crippen molar-refractivity contribution in [3.05, 3.63) is 28.2 Å². The number of hydrogen-bond donors (Lipinski definition) is 2. The predicted molar refractivity (Wildman–Crippen MR) is 92.0 cm³/mol. The van der Waals surface area contributed by atoms with Crippen molar-refractivity contribution < 1.29 is 14.3 Å². The van der Waals surface area contributed by atoms with Crippen molar-refractivity contribution in [3.63, 3.8) is 0 Å². The third kappa shape index (κ3) is 8.67. The molecule has 0 aliphatic carbocycles. The molecule has 0 unspecified atom stereocenters. The van der Waals surface area contributed by atoms with Gasteiger partial charge < -0.3 is 15.4 Å². The number of halogens is 2. The Balaban J connectivity index is 2.21. The van der Waals surface area contributed by atoms with Gasteiger partial charge in [-0.1, -0.05) is 44.0 Å². The molecular weight excluding hydrogens is 339 g/mol. The molecule has 2 N–H and O–H groups in total. The van der Waals surface area contributed by atoms with Crippen LogP contribution in [0.15, 0.2) is 18.2 Å². The minimum atomic E-state index is -0.291. The van der Waals surface area contributed by atoms with E-state index in [1.54, 1.807) is 18.2 Å². The molecule has 2 amide bonds. The zero-order valence-corrected chi connectivity index (χ0v) is 15.1. The van der Waals surface area contributed by atoms with Gasteiger partial charge in [-0.2, -0.15) is 0 Å². The molecule has 0 bridgehead atoms. The summed E-state index contributed by atoms with van der Waals surface area (Å²) in [5, 5.41) is 6.25. The zero-order valence-electron chi connectivity index (χ0n) is 13.5. The Kier molecular flexibility index (Phi) is 7.65. The Morgan fingerprint density at radius 3 is 2.26 bits per heavy atom. The summed E-state index contributed by atoms with van der Waals surface area (Å²) in [5.74, 6) is 0.0710. The van der Waals surface area contributed by atoms with Gasteiger partial charge in [0, 0.05) is 24.5 Å². The van der Waals surface area contributed by atoms with Gasteiger partial charge in [0.15, 0.2) is 6.61 Å². The molecular formula is C16H22Cl2N2O3. The minimum Gasteiger partial charge on any atom is -0.482 e. The van der Waals surface area contributed by atoms with Crippen molar-refractivity contribution in [2.75, 3.05) is 19.7 Å². The van der Waals surface area contributed by atoms with Crippen LogP contribution in [0.3, 0.4) is 0 Å². The van der Waals surface area contributed by atoms with Gasteiger partial charge in [-0.3, -0.25) is 9.59 Å². The molecule has 5 nitrogen and oxygen atoms in total. The Morgan fingerprint density at radius 1 is 1.09 bits per heavy atom. The Bertz CT molecular complexity index is 557. The number of nitrogens with one attached hydrogen (secondary N) is 2. The average molecular weight is 361 g/mol. The lowest BCUT2D eigenvalue weighted by atomic mass is 9.92. The molecule has 23 heavy (non-hydrogen) atoms. The van der Waals surface area contributed by atoms with Crippen LogP contribution >= 0.6 is 23.2 Å². The van der Waals surface area contributed by atoms with Crippen LogP contribution in [0.5, 0.6) is 5.75 Å². The van der Waals surface area contributed by atoms with Crippen LogP contribution in [0.2, 0.25) is 10.0 Å². The zero-order chi connectivity index (χ0) is 17.5. The smallest absolute Gasteiger partial charge is 0.258 e. The van der Waals surface area contributed by atoms with Gasteiger partial charge in [-0.25, -0.2) is 0 Å². The third-order valence-corrected chi connectivity index (χ3v) is 3.24. The second-order valence-electron chi connectivity index (χ2n) is 6.30. The van der Waals surface area contributed by atoms with Gasteiger partial charge >= 0.3 is 0 Å². The van der Waals surface area contributed by atoms with Crippen molar-refractivity contribution in [2.45, 2.75) is 27.2 Å². The Labute approximate surface area is 146 Å². The molecule has 0 heterocycles. The summed E-state index contributed by atoms with van der Waals surface area (Å²) in [5.41, 5.74) is -0.0565. The lowest BCUT2D eigenvalue weighted by molar-refractivity contribution is -0.124. The van der Waals surface area contributed by atoms with Crippen LogP contribution in [0.4, 0.5) is 0 Å². The van der Waals surface area contributed by atoms with E-state index in [9.17, 15) is 9.59 Å². The number of amides is 2. The van der Waals surface area contributed by atoms with Gasteiger partial charge in [0.1, 0.15) is 5.75 Å².